The highest BCUT2D eigenvalue weighted by atomic mass is 79.9. The third-order valence-electron chi connectivity index (χ3n) is 1.65. The molecule has 0 aliphatic rings. The van der Waals surface area contributed by atoms with Gasteiger partial charge in [-0.25, -0.2) is 0 Å². The van der Waals surface area contributed by atoms with Crippen molar-refractivity contribution in [2.45, 2.75) is 13.8 Å². The van der Waals surface area contributed by atoms with Crippen molar-refractivity contribution in [2.24, 2.45) is 0 Å². The SMILES string of the molecule is CC(=O)c1cc(Cl)c(Br)cc1C. The zero-order chi connectivity index (χ0) is 9.30. The second-order valence-corrected chi connectivity index (χ2v) is 3.90. The van der Waals surface area contributed by atoms with Gasteiger partial charge in [0.05, 0.1) is 5.02 Å². The molecule has 0 amide bonds. The number of hydrogen-bond acceptors (Lipinski definition) is 1. The number of halogens is 2. The summed E-state index contributed by atoms with van der Waals surface area (Å²) in [5.74, 6) is 0.0434. The maximum atomic E-state index is 11.1. The molecule has 0 N–H and O–H groups in total. The minimum atomic E-state index is 0.0434. The van der Waals surface area contributed by atoms with E-state index >= 15 is 0 Å². The Bertz CT molecular complexity index is 334. The number of rotatable bonds is 1. The molecule has 1 aromatic carbocycles. The highest BCUT2D eigenvalue weighted by Gasteiger charge is 2.06. The predicted molar refractivity (Wildman–Crippen MR) is 53.9 cm³/mol. The summed E-state index contributed by atoms with van der Waals surface area (Å²) in [7, 11) is 0. The Hall–Kier alpha value is -0.340. The lowest BCUT2D eigenvalue weighted by molar-refractivity contribution is 0.101. The van der Waals surface area contributed by atoms with E-state index in [2.05, 4.69) is 15.9 Å². The summed E-state index contributed by atoms with van der Waals surface area (Å²) in [4.78, 5) is 11.1. The third kappa shape index (κ3) is 1.87. The van der Waals surface area contributed by atoms with Crippen LogP contribution in [0.15, 0.2) is 16.6 Å². The average Bonchev–Trinajstić information content (AvgIpc) is 1.96. The smallest absolute Gasteiger partial charge is 0.160 e. The maximum absolute atomic E-state index is 11.1. The Balaban J connectivity index is 3.33. The number of carbonyl (C=O) groups is 1. The van der Waals surface area contributed by atoms with Crippen molar-refractivity contribution in [1.82, 2.24) is 0 Å². The lowest BCUT2D eigenvalue weighted by atomic mass is 10.1. The summed E-state index contributed by atoms with van der Waals surface area (Å²) in [6.07, 6.45) is 0. The van der Waals surface area contributed by atoms with Crippen LogP contribution < -0.4 is 0 Å². The van der Waals surface area contributed by atoms with Crippen LogP contribution in [0.5, 0.6) is 0 Å². The van der Waals surface area contributed by atoms with Crippen molar-refractivity contribution in [3.63, 3.8) is 0 Å². The molecule has 0 atom stereocenters. The molecule has 12 heavy (non-hydrogen) atoms. The normalized spacial score (nSPS) is 10.0. The molecular formula is C9H8BrClO. The molecule has 0 fully saturated rings. The maximum Gasteiger partial charge on any atom is 0.160 e. The van der Waals surface area contributed by atoms with Gasteiger partial charge in [0.2, 0.25) is 0 Å². The van der Waals surface area contributed by atoms with Gasteiger partial charge in [0.1, 0.15) is 0 Å². The van der Waals surface area contributed by atoms with Crippen molar-refractivity contribution in [2.75, 3.05) is 0 Å². The van der Waals surface area contributed by atoms with Crippen molar-refractivity contribution < 1.29 is 4.79 Å². The predicted octanol–water partition coefficient (Wildman–Crippen LogP) is 3.61. The Morgan fingerprint density at radius 3 is 2.58 bits per heavy atom. The summed E-state index contributed by atoms with van der Waals surface area (Å²) in [5.41, 5.74) is 1.63. The molecule has 0 saturated heterocycles. The topological polar surface area (TPSA) is 17.1 Å². The summed E-state index contributed by atoms with van der Waals surface area (Å²) in [6, 6.07) is 3.53. The molecule has 0 unspecified atom stereocenters. The quantitative estimate of drug-likeness (QED) is 0.693. The standard InChI is InChI=1S/C9H8BrClO/c1-5-3-8(10)9(11)4-7(5)6(2)12/h3-4H,1-2H3. The lowest BCUT2D eigenvalue weighted by Gasteiger charge is -2.03. The molecule has 1 rings (SSSR count). The molecule has 0 heterocycles. The zero-order valence-corrected chi connectivity index (χ0v) is 9.16. The van der Waals surface area contributed by atoms with Gasteiger partial charge in [-0.3, -0.25) is 4.79 Å². The van der Waals surface area contributed by atoms with Gasteiger partial charge in [0.15, 0.2) is 5.78 Å². The Labute approximate surface area is 84.9 Å². The molecule has 3 heteroatoms. The fourth-order valence-corrected chi connectivity index (χ4v) is 1.65. The van der Waals surface area contributed by atoms with Gasteiger partial charge in [-0.1, -0.05) is 11.6 Å². The van der Waals surface area contributed by atoms with Crippen molar-refractivity contribution in [3.05, 3.63) is 32.8 Å². The first kappa shape index (κ1) is 9.75. The van der Waals surface area contributed by atoms with Crippen LogP contribution in [0.3, 0.4) is 0 Å². The number of ketones is 1. The van der Waals surface area contributed by atoms with E-state index in [4.69, 9.17) is 11.6 Å². The molecule has 1 nitrogen and oxygen atoms in total. The fourth-order valence-electron chi connectivity index (χ4n) is 1.03. The highest BCUT2D eigenvalue weighted by molar-refractivity contribution is 9.10. The number of carbonyl (C=O) groups excluding carboxylic acids is 1. The zero-order valence-electron chi connectivity index (χ0n) is 6.82. The summed E-state index contributed by atoms with van der Waals surface area (Å²) in [6.45, 7) is 3.42. The molecule has 64 valence electrons. The Kier molecular flexibility index (Phi) is 2.91. The fraction of sp³-hybridized carbons (Fsp3) is 0.222. The van der Waals surface area contributed by atoms with Crippen LogP contribution in [-0.2, 0) is 0 Å². The van der Waals surface area contributed by atoms with E-state index in [0.29, 0.717) is 10.6 Å². The highest BCUT2D eigenvalue weighted by Crippen LogP contribution is 2.26. The van der Waals surface area contributed by atoms with Crippen molar-refractivity contribution >= 4 is 33.3 Å². The van der Waals surface area contributed by atoms with Gasteiger partial charge in [0, 0.05) is 10.0 Å². The third-order valence-corrected chi connectivity index (χ3v) is 2.84. The molecule has 0 aliphatic carbocycles. The Morgan fingerprint density at radius 2 is 2.08 bits per heavy atom. The van der Waals surface area contributed by atoms with Crippen LogP contribution in [0.4, 0.5) is 0 Å². The molecule has 0 aliphatic heterocycles. The number of Topliss-reactive ketones (excluding diaryl/α,β-unsaturated/α-hetero) is 1. The van der Waals surface area contributed by atoms with E-state index < -0.39 is 0 Å². The van der Waals surface area contributed by atoms with E-state index in [0.717, 1.165) is 10.0 Å². The van der Waals surface area contributed by atoms with Crippen LogP contribution in [0.1, 0.15) is 22.8 Å². The minimum Gasteiger partial charge on any atom is -0.295 e. The molecule has 0 aromatic heterocycles. The molecular weight excluding hydrogens is 239 g/mol. The summed E-state index contributed by atoms with van der Waals surface area (Å²) in [5, 5.41) is 0.575. The average molecular weight is 248 g/mol. The number of aryl methyl sites for hydroxylation is 1. The first-order chi connectivity index (χ1) is 5.52. The monoisotopic (exact) mass is 246 g/mol. The van der Waals surface area contributed by atoms with E-state index in [-0.39, 0.29) is 5.78 Å². The largest absolute Gasteiger partial charge is 0.295 e. The van der Waals surface area contributed by atoms with Crippen molar-refractivity contribution in [1.29, 1.82) is 0 Å². The van der Waals surface area contributed by atoms with Gasteiger partial charge in [-0.05, 0) is 47.5 Å². The van der Waals surface area contributed by atoms with Gasteiger partial charge in [0.25, 0.3) is 0 Å². The molecule has 0 bridgehead atoms. The molecule has 0 radical (unpaired) electrons. The molecule has 1 aromatic rings. The second kappa shape index (κ2) is 3.58. The van der Waals surface area contributed by atoms with Crippen LogP contribution >= 0.6 is 27.5 Å². The van der Waals surface area contributed by atoms with Crippen LogP contribution in [0.25, 0.3) is 0 Å². The molecule has 0 spiro atoms. The molecule has 0 saturated carbocycles. The number of benzene rings is 1. The van der Waals surface area contributed by atoms with E-state index in [1.807, 2.05) is 13.0 Å². The van der Waals surface area contributed by atoms with E-state index in [1.165, 1.54) is 6.92 Å². The Morgan fingerprint density at radius 1 is 1.50 bits per heavy atom. The van der Waals surface area contributed by atoms with Crippen LogP contribution in [0, 0.1) is 6.92 Å². The van der Waals surface area contributed by atoms with E-state index in [9.17, 15) is 4.79 Å². The summed E-state index contributed by atoms with van der Waals surface area (Å²) < 4.78 is 0.826. The summed E-state index contributed by atoms with van der Waals surface area (Å²) >= 11 is 9.12. The van der Waals surface area contributed by atoms with Gasteiger partial charge < -0.3 is 0 Å². The van der Waals surface area contributed by atoms with E-state index in [1.54, 1.807) is 6.07 Å². The first-order valence-corrected chi connectivity index (χ1v) is 4.66. The second-order valence-electron chi connectivity index (χ2n) is 2.64. The van der Waals surface area contributed by atoms with Gasteiger partial charge >= 0.3 is 0 Å². The lowest BCUT2D eigenvalue weighted by Crippen LogP contribution is -1.95. The minimum absolute atomic E-state index is 0.0434. The van der Waals surface area contributed by atoms with Crippen molar-refractivity contribution in [3.8, 4) is 0 Å². The van der Waals surface area contributed by atoms with Crippen LogP contribution in [0.2, 0.25) is 5.02 Å². The van der Waals surface area contributed by atoms with Crippen LogP contribution in [-0.4, -0.2) is 5.78 Å². The first-order valence-electron chi connectivity index (χ1n) is 3.49. The number of hydrogen-bond donors (Lipinski definition) is 0. The van der Waals surface area contributed by atoms with Gasteiger partial charge in [-0.2, -0.15) is 0 Å². The van der Waals surface area contributed by atoms with Gasteiger partial charge in [-0.15, -0.1) is 0 Å².